The molecule has 4 heteroatoms. The molecule has 218 valence electrons. The predicted octanol–water partition coefficient (Wildman–Crippen LogP) is 12.0. The fourth-order valence-corrected chi connectivity index (χ4v) is 7.71. The van der Waals surface area contributed by atoms with E-state index in [9.17, 15) is 0 Å². The first kappa shape index (κ1) is 26.8. The van der Waals surface area contributed by atoms with E-state index in [4.69, 9.17) is 14.4 Å². The van der Waals surface area contributed by atoms with Crippen LogP contribution in [0.2, 0.25) is 0 Å². The van der Waals surface area contributed by atoms with Gasteiger partial charge in [-0.1, -0.05) is 84.9 Å². The largest absolute Gasteiger partial charge is 0.456 e. The molecule has 0 saturated carbocycles. The Balaban J connectivity index is 1.23. The Morgan fingerprint density at radius 2 is 1.11 bits per heavy atom. The van der Waals surface area contributed by atoms with Gasteiger partial charge in [0.1, 0.15) is 11.2 Å². The van der Waals surface area contributed by atoms with Crippen LogP contribution in [0, 0.1) is 13.8 Å². The molecular weight excluding hydrogens is 581 g/mol. The summed E-state index contributed by atoms with van der Waals surface area (Å²) in [6.45, 7) is 4.34. The predicted molar refractivity (Wildman–Crippen MR) is 193 cm³/mol. The molecule has 0 amide bonds. The molecule has 9 aromatic rings. The van der Waals surface area contributed by atoms with Gasteiger partial charge in [-0.2, -0.15) is 0 Å². The highest BCUT2D eigenvalue weighted by Crippen LogP contribution is 2.38. The molecule has 0 bridgehead atoms. The molecule has 0 radical (unpaired) electrons. The Morgan fingerprint density at radius 3 is 1.96 bits per heavy atom. The van der Waals surface area contributed by atoms with E-state index in [1.807, 2.05) is 29.5 Å². The molecule has 0 spiro atoms. The molecule has 3 heterocycles. The molecule has 3 aromatic heterocycles. The Labute approximate surface area is 270 Å². The molecule has 3 nitrogen and oxygen atoms in total. The van der Waals surface area contributed by atoms with Crippen LogP contribution < -0.4 is 0 Å². The smallest absolute Gasteiger partial charge is 0.160 e. The summed E-state index contributed by atoms with van der Waals surface area (Å²) in [5.41, 5.74) is 11.5. The zero-order valence-electron chi connectivity index (χ0n) is 25.4. The van der Waals surface area contributed by atoms with Crippen molar-refractivity contribution in [2.24, 2.45) is 0 Å². The Kier molecular flexibility index (Phi) is 6.12. The number of benzene rings is 6. The molecule has 46 heavy (non-hydrogen) atoms. The van der Waals surface area contributed by atoms with Crippen molar-refractivity contribution in [2.75, 3.05) is 0 Å². The van der Waals surface area contributed by atoms with Crippen molar-refractivity contribution < 1.29 is 4.42 Å². The van der Waals surface area contributed by atoms with Crippen LogP contribution in [0.3, 0.4) is 0 Å². The number of hydrogen-bond donors (Lipinski definition) is 0. The van der Waals surface area contributed by atoms with Crippen molar-refractivity contribution in [3.8, 4) is 45.0 Å². The minimum atomic E-state index is 0.672. The van der Waals surface area contributed by atoms with Gasteiger partial charge in [-0.15, -0.1) is 11.3 Å². The van der Waals surface area contributed by atoms with Gasteiger partial charge >= 0.3 is 0 Å². The van der Waals surface area contributed by atoms with Gasteiger partial charge in [0.05, 0.1) is 11.4 Å². The summed E-state index contributed by atoms with van der Waals surface area (Å²) in [5, 5.41) is 4.73. The summed E-state index contributed by atoms with van der Waals surface area (Å²) < 4.78 is 8.82. The second-order valence-corrected chi connectivity index (χ2v) is 13.0. The molecule has 0 aliphatic rings. The van der Waals surface area contributed by atoms with Crippen molar-refractivity contribution in [2.45, 2.75) is 13.8 Å². The summed E-state index contributed by atoms with van der Waals surface area (Å²) in [7, 11) is 0. The molecule has 0 fully saturated rings. The minimum absolute atomic E-state index is 0.672. The van der Waals surface area contributed by atoms with Gasteiger partial charge in [0.2, 0.25) is 0 Å². The number of aromatic nitrogens is 2. The van der Waals surface area contributed by atoms with Gasteiger partial charge in [-0.3, -0.25) is 0 Å². The second-order valence-electron chi connectivity index (χ2n) is 11.9. The normalized spacial score (nSPS) is 11.7. The minimum Gasteiger partial charge on any atom is -0.456 e. The lowest BCUT2D eigenvalue weighted by Crippen LogP contribution is -1.96. The van der Waals surface area contributed by atoms with Gasteiger partial charge in [0.25, 0.3) is 0 Å². The van der Waals surface area contributed by atoms with E-state index in [0.717, 1.165) is 50.0 Å². The lowest BCUT2D eigenvalue weighted by Gasteiger charge is -2.13. The number of aryl methyl sites for hydroxylation is 2. The van der Waals surface area contributed by atoms with Gasteiger partial charge < -0.3 is 4.42 Å². The monoisotopic (exact) mass is 608 g/mol. The number of nitrogens with zero attached hydrogens (tertiary/aromatic N) is 2. The summed E-state index contributed by atoms with van der Waals surface area (Å²) in [6.07, 6.45) is 0. The quantitative estimate of drug-likeness (QED) is 0.199. The van der Waals surface area contributed by atoms with Crippen LogP contribution in [0.5, 0.6) is 0 Å². The maximum absolute atomic E-state index is 6.25. The molecular formula is C42H28N2OS. The van der Waals surface area contributed by atoms with Crippen LogP contribution in [-0.2, 0) is 0 Å². The average Bonchev–Trinajstić information content (AvgIpc) is 3.66. The number of rotatable bonds is 4. The van der Waals surface area contributed by atoms with Crippen LogP contribution in [0.25, 0.3) is 87.1 Å². The van der Waals surface area contributed by atoms with Crippen molar-refractivity contribution in [1.29, 1.82) is 0 Å². The van der Waals surface area contributed by atoms with Gasteiger partial charge in [-0.05, 0) is 84.6 Å². The Morgan fingerprint density at radius 1 is 0.457 bits per heavy atom. The lowest BCUT2D eigenvalue weighted by atomic mass is 9.94. The van der Waals surface area contributed by atoms with Crippen molar-refractivity contribution in [3.05, 3.63) is 145 Å². The molecule has 0 saturated heterocycles. The third-order valence-electron chi connectivity index (χ3n) is 8.99. The van der Waals surface area contributed by atoms with Crippen molar-refractivity contribution in [3.63, 3.8) is 0 Å². The maximum Gasteiger partial charge on any atom is 0.160 e. The molecule has 0 aliphatic heterocycles. The van der Waals surface area contributed by atoms with Crippen LogP contribution in [0.15, 0.2) is 138 Å². The third kappa shape index (κ3) is 4.41. The van der Waals surface area contributed by atoms with Crippen LogP contribution in [-0.4, -0.2) is 9.97 Å². The topological polar surface area (TPSA) is 38.9 Å². The maximum atomic E-state index is 6.25. The van der Waals surface area contributed by atoms with E-state index in [1.54, 1.807) is 0 Å². The first-order valence-corrected chi connectivity index (χ1v) is 16.3. The van der Waals surface area contributed by atoms with Gasteiger partial charge in [0.15, 0.2) is 5.82 Å². The van der Waals surface area contributed by atoms with E-state index >= 15 is 0 Å². The fraction of sp³-hybridized carbons (Fsp3) is 0.0476. The number of thiophene rings is 1. The zero-order chi connectivity index (χ0) is 30.8. The highest BCUT2D eigenvalue weighted by Gasteiger charge is 2.16. The molecule has 6 aromatic carbocycles. The highest BCUT2D eigenvalue weighted by atomic mass is 32.1. The fourth-order valence-electron chi connectivity index (χ4n) is 6.62. The summed E-state index contributed by atoms with van der Waals surface area (Å²) >= 11 is 1.83. The molecule has 0 aliphatic carbocycles. The summed E-state index contributed by atoms with van der Waals surface area (Å²) in [5.74, 6) is 0.672. The second kappa shape index (κ2) is 10.5. The number of para-hydroxylation sites is 1. The van der Waals surface area contributed by atoms with Gasteiger partial charge in [0, 0.05) is 47.6 Å². The summed E-state index contributed by atoms with van der Waals surface area (Å²) in [6, 6.07) is 47.1. The molecule has 0 N–H and O–H groups in total. The molecule has 0 atom stereocenters. The highest BCUT2D eigenvalue weighted by molar-refractivity contribution is 7.25. The molecule has 9 rings (SSSR count). The van der Waals surface area contributed by atoms with Crippen LogP contribution in [0.1, 0.15) is 11.1 Å². The Bertz CT molecular complexity index is 2630. The van der Waals surface area contributed by atoms with E-state index < -0.39 is 0 Å². The third-order valence-corrected chi connectivity index (χ3v) is 10.1. The number of hydrogen-bond acceptors (Lipinski definition) is 4. The number of fused-ring (bicyclic) bond motifs is 6. The number of furan rings is 1. The summed E-state index contributed by atoms with van der Waals surface area (Å²) in [4.78, 5) is 10.4. The first-order chi connectivity index (χ1) is 22.6. The SMILES string of the molecule is Cc1ccccc1-c1ccc(-c2cc(-c3ccc4sc5ccccc5c4c3)nc(-c3ccc4c(c3)oc3ccccc34)n2)cc1C. The van der Waals surface area contributed by atoms with E-state index in [1.165, 1.54) is 42.4 Å². The van der Waals surface area contributed by atoms with Gasteiger partial charge in [-0.25, -0.2) is 9.97 Å². The van der Waals surface area contributed by atoms with Crippen LogP contribution >= 0.6 is 11.3 Å². The van der Waals surface area contributed by atoms with Crippen LogP contribution in [0.4, 0.5) is 0 Å². The lowest BCUT2D eigenvalue weighted by molar-refractivity contribution is 0.669. The Hall–Kier alpha value is -5.58. The standard InChI is InChI=1S/C42H28N2OS/c1-25-9-3-4-10-30(25)31-18-15-27(21-26(31)2)36-24-37(28-17-20-41-35(22-28)34-12-6-8-14-40(34)46-41)44-42(43-36)29-16-19-33-32-11-5-7-13-38(32)45-39(33)23-29/h3-24H,1-2H3. The zero-order valence-corrected chi connectivity index (χ0v) is 26.2. The van der Waals surface area contributed by atoms with E-state index in [0.29, 0.717) is 5.82 Å². The van der Waals surface area contributed by atoms with Crippen molar-refractivity contribution in [1.82, 2.24) is 9.97 Å². The molecule has 0 unspecified atom stereocenters. The van der Waals surface area contributed by atoms with Crippen molar-refractivity contribution >= 4 is 53.4 Å². The van der Waals surface area contributed by atoms with E-state index in [-0.39, 0.29) is 0 Å². The first-order valence-electron chi connectivity index (χ1n) is 15.5. The van der Waals surface area contributed by atoms with E-state index in [2.05, 4.69) is 129 Å². The average molecular weight is 609 g/mol.